The van der Waals surface area contributed by atoms with E-state index in [0.717, 1.165) is 6.54 Å². The van der Waals surface area contributed by atoms with Crippen LogP contribution >= 0.6 is 12.4 Å². The molecule has 0 heterocycles. The lowest BCUT2D eigenvalue weighted by atomic mass is 9.78. The van der Waals surface area contributed by atoms with Crippen molar-refractivity contribution >= 4 is 18.3 Å². The molecule has 3 nitrogen and oxygen atoms in total. The fourth-order valence-corrected chi connectivity index (χ4v) is 2.95. The summed E-state index contributed by atoms with van der Waals surface area (Å²) in [5.41, 5.74) is 6.97. The van der Waals surface area contributed by atoms with Crippen molar-refractivity contribution in [1.29, 1.82) is 0 Å². The number of carbonyl (C=O) groups excluding carboxylic acids is 1. The first-order valence-electron chi connectivity index (χ1n) is 7.73. The highest BCUT2D eigenvalue weighted by molar-refractivity contribution is 5.85. The van der Waals surface area contributed by atoms with Gasteiger partial charge in [0.2, 0.25) is 5.91 Å². The Hall–Kier alpha value is -1.06. The molecule has 4 heteroatoms. The number of halogens is 1. The zero-order valence-corrected chi connectivity index (χ0v) is 13.6. The van der Waals surface area contributed by atoms with Gasteiger partial charge in [-0.25, -0.2) is 0 Å². The number of rotatable bonds is 5. The topological polar surface area (TPSA) is 55.1 Å². The third-order valence-corrected chi connectivity index (χ3v) is 4.48. The molecule has 0 saturated heterocycles. The normalized spacial score (nSPS) is 23.0. The maximum Gasteiger partial charge on any atom is 0.224 e. The van der Waals surface area contributed by atoms with E-state index in [4.69, 9.17) is 5.73 Å². The molecule has 0 radical (unpaired) electrons. The highest BCUT2D eigenvalue weighted by atomic mass is 35.5. The minimum absolute atomic E-state index is 0. The van der Waals surface area contributed by atoms with Crippen molar-refractivity contribution in [3.8, 4) is 0 Å². The third-order valence-electron chi connectivity index (χ3n) is 4.48. The number of amides is 1. The smallest absolute Gasteiger partial charge is 0.224 e. The van der Waals surface area contributed by atoms with Crippen molar-refractivity contribution in [1.82, 2.24) is 5.32 Å². The average Bonchev–Trinajstić information content (AvgIpc) is 2.53. The largest absolute Gasteiger partial charge is 0.356 e. The summed E-state index contributed by atoms with van der Waals surface area (Å²) < 4.78 is 0. The van der Waals surface area contributed by atoms with E-state index >= 15 is 0 Å². The lowest BCUT2D eigenvalue weighted by Gasteiger charge is -2.29. The van der Waals surface area contributed by atoms with Crippen LogP contribution in [0.2, 0.25) is 0 Å². The Balaban J connectivity index is 0.00000220. The minimum Gasteiger partial charge on any atom is -0.356 e. The number of hydrogen-bond donors (Lipinski definition) is 2. The molecular weight excluding hydrogens is 284 g/mol. The number of nitrogens with two attached hydrogens (primary N) is 1. The van der Waals surface area contributed by atoms with Crippen LogP contribution in [0, 0.1) is 11.8 Å². The van der Waals surface area contributed by atoms with Crippen LogP contribution in [0.4, 0.5) is 0 Å². The Morgan fingerprint density at radius 1 is 1.24 bits per heavy atom. The summed E-state index contributed by atoms with van der Waals surface area (Å²) >= 11 is 0. The maximum atomic E-state index is 11.7. The molecule has 1 saturated carbocycles. The van der Waals surface area contributed by atoms with E-state index < -0.39 is 0 Å². The molecule has 1 aromatic rings. The highest BCUT2D eigenvalue weighted by Crippen LogP contribution is 2.35. The minimum atomic E-state index is -0.0735. The van der Waals surface area contributed by atoms with Gasteiger partial charge in [-0.3, -0.25) is 4.79 Å². The Bertz CT molecular complexity index is 416. The molecule has 1 atom stereocenters. The molecular formula is C17H27ClN2O. The van der Waals surface area contributed by atoms with Gasteiger partial charge < -0.3 is 11.1 Å². The summed E-state index contributed by atoms with van der Waals surface area (Å²) in [6.45, 7) is 3.11. The first kappa shape index (κ1) is 18.0. The number of hydrogen-bond acceptors (Lipinski definition) is 2. The van der Waals surface area contributed by atoms with E-state index in [9.17, 15) is 4.79 Å². The van der Waals surface area contributed by atoms with Crippen LogP contribution in [0.3, 0.4) is 0 Å². The predicted molar refractivity (Wildman–Crippen MR) is 89.6 cm³/mol. The molecule has 0 spiro atoms. The predicted octanol–water partition coefficient (Wildman–Crippen LogP) is 3.09. The van der Waals surface area contributed by atoms with Crippen molar-refractivity contribution in [3.63, 3.8) is 0 Å². The van der Waals surface area contributed by atoms with Crippen molar-refractivity contribution in [2.45, 2.75) is 38.5 Å². The van der Waals surface area contributed by atoms with Gasteiger partial charge in [-0.1, -0.05) is 37.3 Å². The molecule has 1 aliphatic carbocycles. The van der Waals surface area contributed by atoms with Gasteiger partial charge in [0.1, 0.15) is 0 Å². The summed E-state index contributed by atoms with van der Waals surface area (Å²) in [4.78, 5) is 11.7. The van der Waals surface area contributed by atoms with Crippen molar-refractivity contribution < 1.29 is 4.79 Å². The van der Waals surface area contributed by atoms with Crippen molar-refractivity contribution in [2.75, 3.05) is 13.1 Å². The molecule has 0 aliphatic heterocycles. The quantitative estimate of drug-likeness (QED) is 0.878. The van der Waals surface area contributed by atoms with Crippen LogP contribution in [0.1, 0.15) is 44.1 Å². The zero-order valence-electron chi connectivity index (χ0n) is 12.8. The lowest BCUT2D eigenvalue weighted by molar-refractivity contribution is -0.124. The number of carbonyl (C=O) groups is 1. The van der Waals surface area contributed by atoms with E-state index in [1.165, 1.54) is 31.2 Å². The molecule has 3 N–H and O–H groups in total. The highest BCUT2D eigenvalue weighted by Gasteiger charge is 2.23. The van der Waals surface area contributed by atoms with Crippen LogP contribution in [-0.2, 0) is 4.79 Å². The van der Waals surface area contributed by atoms with Gasteiger partial charge in [0.05, 0.1) is 0 Å². The molecule has 21 heavy (non-hydrogen) atoms. The van der Waals surface area contributed by atoms with Crippen molar-refractivity contribution in [3.05, 3.63) is 35.9 Å². The number of benzene rings is 1. The van der Waals surface area contributed by atoms with Crippen LogP contribution in [-0.4, -0.2) is 19.0 Å². The van der Waals surface area contributed by atoms with Gasteiger partial charge in [0.25, 0.3) is 0 Å². The van der Waals surface area contributed by atoms with E-state index in [2.05, 4.69) is 35.6 Å². The summed E-state index contributed by atoms with van der Waals surface area (Å²) in [5.74, 6) is 1.35. The van der Waals surface area contributed by atoms with Gasteiger partial charge in [-0.15, -0.1) is 12.4 Å². The van der Waals surface area contributed by atoms with Gasteiger partial charge >= 0.3 is 0 Å². The second kappa shape index (κ2) is 9.06. The first-order chi connectivity index (χ1) is 9.70. The third kappa shape index (κ3) is 5.33. The van der Waals surface area contributed by atoms with Crippen LogP contribution in [0.25, 0.3) is 0 Å². The molecule has 0 aromatic heterocycles. The summed E-state index contributed by atoms with van der Waals surface area (Å²) in [6, 6.07) is 10.8. The summed E-state index contributed by atoms with van der Waals surface area (Å²) in [5, 5.41) is 3.04. The van der Waals surface area contributed by atoms with Crippen LogP contribution in [0.5, 0.6) is 0 Å². The molecule has 1 fully saturated rings. The van der Waals surface area contributed by atoms with Crippen LogP contribution in [0.15, 0.2) is 30.3 Å². The lowest BCUT2D eigenvalue weighted by Crippen LogP contribution is -2.37. The first-order valence-corrected chi connectivity index (χ1v) is 7.73. The summed E-state index contributed by atoms with van der Waals surface area (Å²) in [6.07, 6.45) is 4.88. The standard InChI is InChI=1S/C17H26N2O.ClH/c1-13(11-18)17(20)19-12-14-7-9-16(10-8-14)15-5-3-2-4-6-15;/h2-6,13-14,16H,7-12,18H2,1H3,(H,19,20);1H. The monoisotopic (exact) mass is 310 g/mol. The molecule has 1 aliphatic rings. The molecule has 2 rings (SSSR count). The van der Waals surface area contributed by atoms with E-state index in [1.807, 2.05) is 6.92 Å². The maximum absolute atomic E-state index is 11.7. The fourth-order valence-electron chi connectivity index (χ4n) is 2.95. The Morgan fingerprint density at radius 2 is 1.86 bits per heavy atom. The molecule has 1 unspecified atom stereocenters. The molecule has 118 valence electrons. The second-order valence-corrected chi connectivity index (χ2v) is 6.01. The fraction of sp³-hybridized carbons (Fsp3) is 0.588. The molecule has 1 amide bonds. The molecule has 1 aromatic carbocycles. The van der Waals surface area contributed by atoms with E-state index in [0.29, 0.717) is 18.4 Å². The van der Waals surface area contributed by atoms with Gasteiger partial charge in [0.15, 0.2) is 0 Å². The Morgan fingerprint density at radius 3 is 2.43 bits per heavy atom. The van der Waals surface area contributed by atoms with Crippen molar-refractivity contribution in [2.24, 2.45) is 17.6 Å². The Labute approximate surface area is 134 Å². The van der Waals surface area contributed by atoms with Gasteiger partial charge in [-0.05, 0) is 43.1 Å². The zero-order chi connectivity index (χ0) is 14.4. The van der Waals surface area contributed by atoms with Gasteiger partial charge in [0, 0.05) is 19.0 Å². The Kier molecular flexibility index (Phi) is 7.76. The molecule has 0 bridgehead atoms. The SMILES string of the molecule is CC(CN)C(=O)NCC1CCC(c2ccccc2)CC1.Cl. The van der Waals surface area contributed by atoms with E-state index in [-0.39, 0.29) is 24.2 Å². The van der Waals surface area contributed by atoms with Gasteiger partial charge in [-0.2, -0.15) is 0 Å². The van der Waals surface area contributed by atoms with E-state index in [1.54, 1.807) is 0 Å². The number of nitrogens with one attached hydrogen (secondary N) is 1. The van der Waals surface area contributed by atoms with Crippen LogP contribution < -0.4 is 11.1 Å². The summed E-state index contributed by atoms with van der Waals surface area (Å²) in [7, 11) is 0. The second-order valence-electron chi connectivity index (χ2n) is 6.01. The average molecular weight is 311 g/mol.